The Hall–Kier alpha value is -1.40. The average molecular weight is 338 g/mol. The van der Waals surface area contributed by atoms with Crippen LogP contribution in [0.1, 0.15) is 38.7 Å². The Balaban J connectivity index is 1.85. The molecule has 1 amide bonds. The van der Waals surface area contributed by atoms with Crippen molar-refractivity contribution in [3.8, 4) is 0 Å². The van der Waals surface area contributed by atoms with Crippen molar-refractivity contribution in [2.24, 2.45) is 5.92 Å². The van der Waals surface area contributed by atoms with Crippen LogP contribution in [0.5, 0.6) is 0 Å². The Morgan fingerprint density at radius 1 is 1.22 bits per heavy atom. The number of nitrogens with one attached hydrogen (secondary N) is 1. The van der Waals surface area contributed by atoms with Crippen LogP contribution in [-0.2, 0) is 20.6 Å². The molecule has 1 aromatic rings. The highest BCUT2D eigenvalue weighted by Crippen LogP contribution is 2.18. The van der Waals surface area contributed by atoms with E-state index in [9.17, 15) is 13.2 Å². The van der Waals surface area contributed by atoms with Gasteiger partial charge in [0.1, 0.15) is 0 Å². The molecule has 0 aliphatic carbocycles. The molecule has 1 heterocycles. The zero-order chi connectivity index (χ0) is 16.9. The summed E-state index contributed by atoms with van der Waals surface area (Å²) in [6.45, 7) is 4.97. The Kier molecular flexibility index (Phi) is 6.18. The van der Waals surface area contributed by atoms with E-state index in [1.54, 1.807) is 4.31 Å². The van der Waals surface area contributed by atoms with Crippen LogP contribution in [0.4, 0.5) is 0 Å². The van der Waals surface area contributed by atoms with Gasteiger partial charge in [0.25, 0.3) is 0 Å². The third kappa shape index (κ3) is 5.62. The van der Waals surface area contributed by atoms with E-state index in [4.69, 9.17) is 0 Å². The molecule has 2 rings (SSSR count). The van der Waals surface area contributed by atoms with E-state index in [2.05, 4.69) is 5.32 Å². The molecule has 1 aliphatic rings. The molecule has 0 spiro atoms. The molecule has 6 heteroatoms. The lowest BCUT2D eigenvalue weighted by atomic mass is 10.1. The minimum atomic E-state index is -3.29. The smallest absolute Gasteiger partial charge is 0.220 e. The summed E-state index contributed by atoms with van der Waals surface area (Å²) in [5, 5.41) is 3.01. The molecule has 0 radical (unpaired) electrons. The van der Waals surface area contributed by atoms with Crippen molar-refractivity contribution >= 4 is 15.9 Å². The van der Waals surface area contributed by atoms with Gasteiger partial charge in [0.05, 0.1) is 5.75 Å². The summed E-state index contributed by atoms with van der Waals surface area (Å²) in [6, 6.07) is 9.32. The van der Waals surface area contributed by atoms with Crippen molar-refractivity contribution in [1.82, 2.24) is 9.62 Å². The molecule has 0 unspecified atom stereocenters. The standard InChI is InChI=1S/C17H26N2O3S/c1-14(2)12-17(20)18-16-8-10-19(11-9-16)23(21,22)13-15-6-4-3-5-7-15/h3-7,14,16H,8-13H2,1-2H3,(H,18,20). The molecular weight excluding hydrogens is 312 g/mol. The van der Waals surface area contributed by atoms with E-state index in [-0.39, 0.29) is 17.7 Å². The van der Waals surface area contributed by atoms with Crippen LogP contribution in [0.15, 0.2) is 30.3 Å². The average Bonchev–Trinajstić information content (AvgIpc) is 2.47. The van der Waals surface area contributed by atoms with Gasteiger partial charge in [-0.1, -0.05) is 44.2 Å². The molecule has 1 aromatic carbocycles. The van der Waals surface area contributed by atoms with Crippen LogP contribution in [0.25, 0.3) is 0 Å². The Bertz CT molecular complexity index is 606. The normalized spacial score (nSPS) is 17.3. The number of benzene rings is 1. The number of hydrogen-bond acceptors (Lipinski definition) is 3. The zero-order valence-corrected chi connectivity index (χ0v) is 14.7. The lowest BCUT2D eigenvalue weighted by Crippen LogP contribution is -2.46. The number of rotatable bonds is 6. The summed E-state index contributed by atoms with van der Waals surface area (Å²) in [5.41, 5.74) is 0.805. The molecular formula is C17H26N2O3S. The third-order valence-corrected chi connectivity index (χ3v) is 5.85. The van der Waals surface area contributed by atoms with Crippen molar-refractivity contribution in [1.29, 1.82) is 0 Å². The molecule has 23 heavy (non-hydrogen) atoms. The minimum absolute atomic E-state index is 0.0399. The van der Waals surface area contributed by atoms with Gasteiger partial charge < -0.3 is 5.32 Å². The first-order chi connectivity index (χ1) is 10.9. The van der Waals surface area contributed by atoms with Crippen molar-refractivity contribution in [3.63, 3.8) is 0 Å². The second kappa shape index (κ2) is 7.93. The highest BCUT2D eigenvalue weighted by Gasteiger charge is 2.28. The van der Waals surface area contributed by atoms with Gasteiger partial charge in [0, 0.05) is 25.6 Å². The first kappa shape index (κ1) is 17.9. The highest BCUT2D eigenvalue weighted by atomic mass is 32.2. The lowest BCUT2D eigenvalue weighted by molar-refractivity contribution is -0.122. The largest absolute Gasteiger partial charge is 0.353 e. The first-order valence-corrected chi connectivity index (χ1v) is 9.79. The lowest BCUT2D eigenvalue weighted by Gasteiger charge is -2.31. The third-order valence-electron chi connectivity index (χ3n) is 4.00. The predicted octanol–water partition coefficient (Wildman–Crippen LogP) is 2.14. The Morgan fingerprint density at radius 3 is 2.39 bits per heavy atom. The first-order valence-electron chi connectivity index (χ1n) is 8.18. The molecule has 0 aromatic heterocycles. The van der Waals surface area contributed by atoms with Gasteiger partial charge >= 0.3 is 0 Å². The summed E-state index contributed by atoms with van der Waals surface area (Å²) in [7, 11) is -3.29. The second-order valence-electron chi connectivity index (χ2n) is 6.58. The molecule has 0 atom stereocenters. The fourth-order valence-corrected chi connectivity index (χ4v) is 4.38. The molecule has 1 N–H and O–H groups in total. The van der Waals surface area contributed by atoms with Crippen LogP contribution in [0.2, 0.25) is 0 Å². The van der Waals surface area contributed by atoms with Crippen molar-refractivity contribution in [3.05, 3.63) is 35.9 Å². The summed E-state index contributed by atoms with van der Waals surface area (Å²) >= 11 is 0. The number of sulfonamides is 1. The number of amides is 1. The zero-order valence-electron chi connectivity index (χ0n) is 13.9. The molecule has 1 saturated heterocycles. The fourth-order valence-electron chi connectivity index (χ4n) is 2.81. The van der Waals surface area contributed by atoms with Gasteiger partial charge in [-0.15, -0.1) is 0 Å². The van der Waals surface area contributed by atoms with Crippen LogP contribution in [0.3, 0.4) is 0 Å². The van der Waals surface area contributed by atoms with E-state index in [0.717, 1.165) is 5.56 Å². The minimum Gasteiger partial charge on any atom is -0.353 e. The van der Waals surface area contributed by atoms with Gasteiger partial charge in [0.2, 0.25) is 15.9 Å². The van der Waals surface area contributed by atoms with Gasteiger partial charge in [-0.05, 0) is 24.3 Å². The quantitative estimate of drug-likeness (QED) is 0.864. The number of carbonyl (C=O) groups excluding carboxylic acids is 1. The topological polar surface area (TPSA) is 66.5 Å². The van der Waals surface area contributed by atoms with Crippen molar-refractivity contribution in [2.75, 3.05) is 13.1 Å². The predicted molar refractivity (Wildman–Crippen MR) is 91.3 cm³/mol. The van der Waals surface area contributed by atoms with Crippen LogP contribution >= 0.6 is 0 Å². The molecule has 0 saturated carbocycles. The maximum atomic E-state index is 12.5. The van der Waals surface area contributed by atoms with Crippen LogP contribution in [-0.4, -0.2) is 37.8 Å². The van der Waals surface area contributed by atoms with Crippen molar-refractivity contribution < 1.29 is 13.2 Å². The number of hydrogen-bond donors (Lipinski definition) is 1. The molecule has 1 fully saturated rings. The van der Waals surface area contributed by atoms with Gasteiger partial charge in [-0.3, -0.25) is 4.79 Å². The summed E-state index contributed by atoms with van der Waals surface area (Å²) < 4.78 is 26.5. The van der Waals surface area contributed by atoms with E-state index in [1.807, 2.05) is 44.2 Å². The van der Waals surface area contributed by atoms with Gasteiger partial charge in [-0.25, -0.2) is 12.7 Å². The summed E-state index contributed by atoms with van der Waals surface area (Å²) in [4.78, 5) is 11.8. The number of piperidine rings is 1. The number of carbonyl (C=O) groups is 1. The van der Waals surface area contributed by atoms with Gasteiger partial charge in [0.15, 0.2) is 0 Å². The van der Waals surface area contributed by atoms with Gasteiger partial charge in [-0.2, -0.15) is 0 Å². The molecule has 5 nitrogen and oxygen atoms in total. The number of nitrogens with zero attached hydrogens (tertiary/aromatic N) is 1. The van der Waals surface area contributed by atoms with E-state index in [0.29, 0.717) is 38.3 Å². The van der Waals surface area contributed by atoms with Crippen LogP contribution < -0.4 is 5.32 Å². The van der Waals surface area contributed by atoms with Crippen LogP contribution in [0, 0.1) is 5.92 Å². The summed E-state index contributed by atoms with van der Waals surface area (Å²) in [6.07, 6.45) is 1.88. The second-order valence-corrected chi connectivity index (χ2v) is 8.55. The molecule has 0 bridgehead atoms. The SMILES string of the molecule is CC(C)CC(=O)NC1CCN(S(=O)(=O)Cc2ccccc2)CC1. The van der Waals surface area contributed by atoms with E-state index < -0.39 is 10.0 Å². The molecule has 1 aliphatic heterocycles. The Labute approximate surface area is 139 Å². The van der Waals surface area contributed by atoms with E-state index in [1.165, 1.54) is 0 Å². The maximum Gasteiger partial charge on any atom is 0.220 e. The summed E-state index contributed by atoms with van der Waals surface area (Å²) in [5.74, 6) is 0.435. The highest BCUT2D eigenvalue weighted by molar-refractivity contribution is 7.88. The monoisotopic (exact) mass is 338 g/mol. The Morgan fingerprint density at radius 2 is 1.83 bits per heavy atom. The van der Waals surface area contributed by atoms with Crippen molar-refractivity contribution in [2.45, 2.75) is 44.9 Å². The van der Waals surface area contributed by atoms with E-state index >= 15 is 0 Å². The molecule has 128 valence electrons. The maximum absolute atomic E-state index is 12.5. The fraction of sp³-hybridized carbons (Fsp3) is 0.588.